The van der Waals surface area contributed by atoms with E-state index in [2.05, 4.69) is 39.8 Å². The Labute approximate surface area is 833 Å². The monoisotopic (exact) mass is 1920 g/mol. The number of hydrogen-bond donors (Lipinski definition) is 18. The Hall–Kier alpha value is -14.2. The predicted octanol–water partition coefficient (Wildman–Crippen LogP) is 30.2. The molecule has 0 atom stereocenters. The smallest absolute Gasteiger partial charge is 0.141 e. The molecular formula is C121H147ClO18. The molecule has 19 heteroatoms. The zero-order valence-corrected chi connectivity index (χ0v) is 82.5. The number of phenols is 18. The number of hydrogen-bond acceptors (Lipinski definition) is 18. The summed E-state index contributed by atoms with van der Waals surface area (Å²) in [5.41, 5.74) is 10.9. The van der Waals surface area contributed by atoms with Gasteiger partial charge in [-0.25, -0.2) is 0 Å². The van der Waals surface area contributed by atoms with E-state index in [4.69, 9.17) is 11.6 Å². The summed E-state index contributed by atoms with van der Waals surface area (Å²) < 4.78 is 0. The van der Waals surface area contributed by atoms with Crippen molar-refractivity contribution in [3.8, 4) is 115 Å². The van der Waals surface area contributed by atoms with Gasteiger partial charge in [0.2, 0.25) is 0 Å². The molecule has 746 valence electrons. The van der Waals surface area contributed by atoms with E-state index >= 15 is 0 Å². The van der Waals surface area contributed by atoms with Crippen LogP contribution >= 0.6 is 11.6 Å². The maximum atomic E-state index is 9.75. The molecule has 0 aliphatic carbocycles. The van der Waals surface area contributed by atoms with Crippen LogP contribution in [-0.2, 0) is 64.2 Å². The molecule has 0 fully saturated rings. The second-order valence-corrected chi connectivity index (χ2v) is 34.8. The van der Waals surface area contributed by atoms with Crippen LogP contribution in [0.1, 0.15) is 242 Å². The molecule has 0 unspecified atom stereocenters. The van der Waals surface area contributed by atoms with E-state index in [9.17, 15) is 91.9 Å². The van der Waals surface area contributed by atoms with Crippen LogP contribution in [0.4, 0.5) is 0 Å². The van der Waals surface area contributed by atoms with Crippen LogP contribution in [-0.4, -0.2) is 91.9 Å². The quantitative estimate of drug-likeness (QED) is 0.0160. The van der Waals surface area contributed by atoms with Crippen LogP contribution in [0.5, 0.6) is 103 Å². The summed E-state index contributed by atoms with van der Waals surface area (Å²) in [5.74, 6) is 2.87. The fraction of sp³-hybridized carbons (Fsp3) is 0.306. The van der Waals surface area contributed by atoms with Crippen LogP contribution in [0.2, 0.25) is 5.02 Å². The van der Waals surface area contributed by atoms with Gasteiger partial charge in [0.25, 0.3) is 0 Å². The number of phenolic OH excluding ortho intramolecular Hbond substituents is 18. The van der Waals surface area contributed by atoms with Gasteiger partial charge < -0.3 is 91.9 Å². The lowest BCUT2D eigenvalue weighted by Gasteiger charge is -2.08. The van der Waals surface area contributed by atoms with Gasteiger partial charge in [0, 0.05) is 57.3 Å². The molecule has 0 aliphatic heterocycles. The van der Waals surface area contributed by atoms with E-state index in [0.29, 0.717) is 75.8 Å². The first-order chi connectivity index (χ1) is 67.8. The van der Waals surface area contributed by atoms with Crippen molar-refractivity contribution in [1.82, 2.24) is 0 Å². The average Bonchev–Trinajstić information content (AvgIpc) is 0.825. The lowest BCUT2D eigenvalue weighted by atomic mass is 10.0. The fourth-order valence-corrected chi connectivity index (χ4v) is 15.6. The second kappa shape index (κ2) is 67.1. The summed E-state index contributed by atoms with van der Waals surface area (Å²) in [6.45, 7) is 8.79. The number of halogens is 1. The highest BCUT2D eigenvalue weighted by Gasteiger charge is 2.16. The minimum absolute atomic E-state index is 0.0504. The van der Waals surface area contributed by atoms with Gasteiger partial charge in [-0.2, -0.15) is 0 Å². The van der Waals surface area contributed by atoms with Crippen molar-refractivity contribution in [2.24, 2.45) is 0 Å². The molecule has 18 N–H and O–H groups in total. The van der Waals surface area contributed by atoms with Gasteiger partial charge >= 0.3 is 0 Å². The van der Waals surface area contributed by atoms with Gasteiger partial charge in [-0.1, -0.05) is 355 Å². The molecule has 0 heterocycles. The molecule has 14 aromatic rings. The Balaban J connectivity index is 0.000000242. The zero-order valence-electron chi connectivity index (χ0n) is 81.7. The van der Waals surface area contributed by atoms with E-state index < -0.39 is 0 Å². The number of rotatable bonds is 38. The molecule has 0 aliphatic rings. The van der Waals surface area contributed by atoms with Crippen molar-refractivity contribution < 1.29 is 91.9 Å². The Morgan fingerprint density at radius 3 is 0.650 bits per heavy atom. The zero-order chi connectivity index (χ0) is 101. The fourth-order valence-electron chi connectivity index (χ4n) is 15.5. The molecule has 0 radical (unpaired) electrons. The highest BCUT2D eigenvalue weighted by Crippen LogP contribution is 2.40. The summed E-state index contributed by atoms with van der Waals surface area (Å²) in [4.78, 5) is 0. The highest BCUT2D eigenvalue weighted by atomic mass is 35.5. The van der Waals surface area contributed by atoms with E-state index in [1.54, 1.807) is 146 Å². The van der Waals surface area contributed by atoms with Gasteiger partial charge in [-0.15, -0.1) is 0 Å². The first kappa shape index (κ1) is 114. The maximum absolute atomic E-state index is 9.75. The maximum Gasteiger partial charge on any atom is 0.141 e. The lowest BCUT2D eigenvalue weighted by Crippen LogP contribution is -1.92. The van der Waals surface area contributed by atoms with Crippen LogP contribution in [0.25, 0.3) is 11.1 Å². The van der Waals surface area contributed by atoms with Crippen LogP contribution in [0, 0.1) is 0 Å². The standard InChI is InChI=1S/C15H16O2.C15H24O2.C14H14O2.C14H22O2.C13H11ClO2.C13H12O2.C13H20O2.C12H10O2.C12H18O2/c16-14-10-5-11-15(17)13(14)9-4-8-12-6-2-1-3-7-12;1-2-3-4-5-6-7-8-10-13-14(16)11-9-12-15(13)17;15-13-7-4-8-14(16)12(13)10-9-11-5-2-1-3-6-11;1-2-3-4-5-6-7-9-12-13(15)10-8-11-14(12)16;14-11-6-7-12(15)10(13(11)16)8-9-4-2-1-3-5-9;14-12-7-4-8-13(15)11(12)9-10-5-2-1-3-6-10;1-2-3-4-5-6-8-11-12(14)9-7-10-13(11)15;13-10-7-4-8-11(14)12(10)9-5-2-1-3-6-9;1-2-3-4-5-7-10-11(13)8-6-9-12(10)14/h1-3,5-7,10-11,16-17H,4,8-9H2;9,11-12,16-17H,2-8,10H2,1H3;1-8,15-16H,9-10H2;8,10-11,15-16H,2-7,9H2,1H3;1-7,15-16H,8H2;1-8,14-15H,9H2;7,9-10,14-15H,2-6,8H2,1H3;1-8,13-14H;6,8-9,13-14H,2-5,7H2,1H3. The lowest BCUT2D eigenvalue weighted by molar-refractivity contribution is 0.434. The minimum Gasteiger partial charge on any atom is -0.508 e. The molecule has 0 saturated carbocycles. The Morgan fingerprint density at radius 1 is 0.157 bits per heavy atom. The van der Waals surface area contributed by atoms with Crippen LogP contribution in [0.15, 0.2) is 309 Å². The molecule has 0 bridgehead atoms. The number of aromatic hydroxyl groups is 18. The number of benzene rings is 14. The molecule has 0 saturated heterocycles. The highest BCUT2D eigenvalue weighted by molar-refractivity contribution is 6.32. The van der Waals surface area contributed by atoms with E-state index in [-0.39, 0.29) is 109 Å². The first-order valence-corrected chi connectivity index (χ1v) is 49.6. The van der Waals surface area contributed by atoms with Gasteiger partial charge in [-0.3, -0.25) is 0 Å². The largest absolute Gasteiger partial charge is 0.508 e. The van der Waals surface area contributed by atoms with Gasteiger partial charge in [0.05, 0.1) is 10.6 Å². The third kappa shape index (κ3) is 43.2. The summed E-state index contributed by atoms with van der Waals surface area (Å²) in [5, 5.41) is 173. The van der Waals surface area contributed by atoms with Crippen molar-refractivity contribution in [3.05, 3.63) is 381 Å². The van der Waals surface area contributed by atoms with Gasteiger partial charge in [-0.05, 0) is 220 Å². The number of aryl methyl sites for hydroxylation is 2. The SMILES string of the molecule is CCCCCCCCCc1c(O)cccc1O.CCCCCCCCc1c(O)cccc1O.CCCCCCCc1c(O)cccc1O.CCCCCCc1c(O)cccc1O.Oc1ccc(Cl)c(O)c1Cc1ccccc1.Oc1cccc(O)c1-c1ccccc1.Oc1cccc(O)c1CCCc1ccccc1.Oc1cccc(O)c1CCc1ccccc1.Oc1cccc(O)c1Cc1ccccc1. The summed E-state index contributed by atoms with van der Waals surface area (Å²) in [6.07, 6.45) is 34.7. The van der Waals surface area contributed by atoms with Crippen LogP contribution < -0.4 is 0 Å². The summed E-state index contributed by atoms with van der Waals surface area (Å²) >= 11 is 5.79. The van der Waals surface area contributed by atoms with Crippen LogP contribution in [0.3, 0.4) is 0 Å². The van der Waals surface area contributed by atoms with Crippen molar-refractivity contribution >= 4 is 11.6 Å². The number of unbranched alkanes of at least 4 members (excludes halogenated alkanes) is 18. The molecule has 140 heavy (non-hydrogen) atoms. The van der Waals surface area contributed by atoms with Gasteiger partial charge in [0.1, 0.15) is 103 Å². The molecule has 14 rings (SSSR count). The Kier molecular flexibility index (Phi) is 54.9. The van der Waals surface area contributed by atoms with Gasteiger partial charge in [0.15, 0.2) is 0 Å². The topological polar surface area (TPSA) is 364 Å². The van der Waals surface area contributed by atoms with Crippen molar-refractivity contribution in [2.45, 2.75) is 240 Å². The Morgan fingerprint density at radius 2 is 0.364 bits per heavy atom. The predicted molar refractivity (Wildman–Crippen MR) is 568 cm³/mol. The molecule has 0 aromatic heterocycles. The molecule has 18 nitrogen and oxygen atoms in total. The molecule has 0 spiro atoms. The first-order valence-electron chi connectivity index (χ1n) is 49.2. The third-order valence-corrected chi connectivity index (χ3v) is 23.8. The summed E-state index contributed by atoms with van der Waals surface area (Å²) in [7, 11) is 0. The van der Waals surface area contributed by atoms with E-state index in [1.807, 2.05) is 140 Å². The summed E-state index contributed by atoms with van der Waals surface area (Å²) in [6, 6.07) is 90.7. The normalized spacial score (nSPS) is 10.3. The van der Waals surface area contributed by atoms with Crippen molar-refractivity contribution in [3.63, 3.8) is 0 Å². The van der Waals surface area contributed by atoms with E-state index in [0.717, 1.165) is 93.7 Å². The molecule has 0 amide bonds. The van der Waals surface area contributed by atoms with Crippen molar-refractivity contribution in [2.75, 3.05) is 0 Å². The average molecular weight is 1920 g/mol. The molecular weight excluding hydrogens is 1780 g/mol. The second-order valence-electron chi connectivity index (χ2n) is 34.4. The van der Waals surface area contributed by atoms with E-state index in [1.165, 1.54) is 132 Å². The Bertz CT molecular complexity index is 5580. The third-order valence-electron chi connectivity index (χ3n) is 23.5. The molecule has 14 aromatic carbocycles. The van der Waals surface area contributed by atoms with Crippen molar-refractivity contribution in [1.29, 1.82) is 0 Å². The minimum atomic E-state index is -0.0504.